The van der Waals surface area contributed by atoms with Gasteiger partial charge in [0.15, 0.2) is 0 Å². The van der Waals surface area contributed by atoms with Crippen LogP contribution in [0.15, 0.2) is 35.8 Å². The van der Waals surface area contributed by atoms with E-state index in [2.05, 4.69) is 69.8 Å². The molecule has 4 fully saturated rings. The highest BCUT2D eigenvalue weighted by atomic mass is 32.1. The quantitative estimate of drug-likeness (QED) is 0.173. The van der Waals surface area contributed by atoms with E-state index in [9.17, 15) is 14.4 Å². The largest absolute Gasteiger partial charge is 0.464 e. The maximum absolute atomic E-state index is 14.4. The van der Waals surface area contributed by atoms with Crippen molar-refractivity contribution in [3.63, 3.8) is 0 Å². The number of nitrogens with zero attached hydrogens (tertiary/aromatic N) is 7. The minimum atomic E-state index is -2.27. The maximum atomic E-state index is 14.4. The van der Waals surface area contributed by atoms with Gasteiger partial charge in [-0.3, -0.25) is 24.5 Å². The van der Waals surface area contributed by atoms with Gasteiger partial charge in [-0.1, -0.05) is 19.9 Å². The highest BCUT2D eigenvalue weighted by Crippen LogP contribution is 2.43. The summed E-state index contributed by atoms with van der Waals surface area (Å²) in [7, 11) is 1.09. The Bertz CT molecular complexity index is 2370. The summed E-state index contributed by atoms with van der Waals surface area (Å²) in [6, 6.07) is 8.48. The van der Waals surface area contributed by atoms with Crippen molar-refractivity contribution in [3.8, 4) is 22.5 Å². The normalized spacial score (nSPS) is 23.9. The molecule has 2 N–H and O–H groups in total. The number of hydrogen-bond donors (Lipinski definition) is 2. The molecule has 4 aromatic rings. The summed E-state index contributed by atoms with van der Waals surface area (Å²) >= 11 is 1.50. The Morgan fingerprint density at radius 1 is 1.12 bits per heavy atom. The van der Waals surface area contributed by atoms with Crippen molar-refractivity contribution in [2.24, 2.45) is 5.41 Å². The number of anilines is 1. The number of pyridine rings is 1. The van der Waals surface area contributed by atoms with Crippen LogP contribution in [-0.2, 0) is 42.8 Å². The Labute approximate surface area is 381 Å². The third-order valence-electron chi connectivity index (χ3n) is 13.6. The third-order valence-corrected chi connectivity index (χ3v) is 16.7. The van der Waals surface area contributed by atoms with Gasteiger partial charge in [0, 0.05) is 98.9 Å². The van der Waals surface area contributed by atoms with Crippen LogP contribution in [0.4, 0.5) is 15.3 Å². The summed E-state index contributed by atoms with van der Waals surface area (Å²) in [4.78, 5) is 62.1. The average Bonchev–Trinajstić information content (AvgIpc) is 3.89. The molecule has 1 radical (unpaired) electrons. The number of rotatable bonds is 8. The van der Waals surface area contributed by atoms with E-state index in [1.54, 1.807) is 19.1 Å². The number of amides is 3. The van der Waals surface area contributed by atoms with E-state index in [4.69, 9.17) is 28.9 Å². The Kier molecular flexibility index (Phi) is 13.2. The van der Waals surface area contributed by atoms with Crippen LogP contribution < -0.4 is 15.3 Å². The van der Waals surface area contributed by atoms with Gasteiger partial charge in [0.05, 0.1) is 78.6 Å². The van der Waals surface area contributed by atoms with Crippen molar-refractivity contribution in [1.82, 2.24) is 39.8 Å². The van der Waals surface area contributed by atoms with E-state index < -0.39 is 26.4 Å². The molecule has 3 amide bonds. The molecule has 0 aliphatic carbocycles. The number of carbonyl (C=O) groups excluding carboxylic acids is 3. The highest BCUT2D eigenvalue weighted by molar-refractivity contribution is 7.10. The topological polar surface area (TPSA) is 156 Å². The predicted molar refractivity (Wildman–Crippen MR) is 247 cm³/mol. The summed E-state index contributed by atoms with van der Waals surface area (Å²) in [6.45, 7) is 16.1. The van der Waals surface area contributed by atoms with Gasteiger partial charge in [-0.05, 0) is 63.3 Å². The number of methoxy groups -OCH3 is 2. The molecule has 4 saturated heterocycles. The molecular weight excluding hydrogens is 851 g/mol. The number of urea groups is 1. The van der Waals surface area contributed by atoms with Gasteiger partial charge in [0.25, 0.3) is 8.96 Å². The number of piperazine rings is 1. The molecular formula is C46H62N9O7SSi. The summed E-state index contributed by atoms with van der Waals surface area (Å²) in [6.07, 6.45) is 4.32. The maximum Gasteiger partial charge on any atom is 0.324 e. The highest BCUT2D eigenvalue weighted by Gasteiger charge is 2.40. The number of carbonyl (C=O) groups is 3. The van der Waals surface area contributed by atoms with Crippen LogP contribution in [0.25, 0.3) is 33.4 Å². The number of benzene rings is 1. The van der Waals surface area contributed by atoms with Gasteiger partial charge in [-0.25, -0.2) is 15.2 Å². The lowest BCUT2D eigenvalue weighted by Crippen LogP contribution is -2.65. The summed E-state index contributed by atoms with van der Waals surface area (Å²) in [5.41, 5.74) is 10.5. The molecule has 4 atom stereocenters. The minimum absolute atomic E-state index is 0.0316. The number of morpholine rings is 1. The first-order valence-corrected chi connectivity index (χ1v) is 25.4. The molecule has 8 heterocycles. The van der Waals surface area contributed by atoms with Crippen molar-refractivity contribution in [1.29, 1.82) is 0 Å². The second-order valence-electron chi connectivity index (χ2n) is 18.6. The fourth-order valence-electron chi connectivity index (χ4n) is 9.93. The zero-order valence-corrected chi connectivity index (χ0v) is 39.8. The van der Waals surface area contributed by atoms with Crippen LogP contribution in [0.3, 0.4) is 0 Å². The van der Waals surface area contributed by atoms with E-state index in [0.717, 1.165) is 101 Å². The number of aryl methyl sites for hydroxylation is 1. The number of cyclic esters (lactones) is 1. The van der Waals surface area contributed by atoms with Crippen LogP contribution in [0.1, 0.15) is 69.3 Å². The Balaban J connectivity index is 1.14. The summed E-state index contributed by atoms with van der Waals surface area (Å²) < 4.78 is 25.8. The number of ether oxygens (including phenoxy) is 4. The Morgan fingerprint density at radius 2 is 1.98 bits per heavy atom. The van der Waals surface area contributed by atoms with Crippen molar-refractivity contribution < 1.29 is 33.3 Å². The first kappa shape index (κ1) is 44.8. The number of fused-ring (bicyclic) bond motifs is 7. The second kappa shape index (κ2) is 18.8. The lowest BCUT2D eigenvalue weighted by molar-refractivity contribution is -0.151. The monoisotopic (exact) mass is 912 g/mol. The van der Waals surface area contributed by atoms with Crippen molar-refractivity contribution in [2.75, 3.05) is 84.8 Å². The van der Waals surface area contributed by atoms with Gasteiger partial charge in [-0.2, -0.15) is 0 Å². The first-order valence-electron chi connectivity index (χ1n) is 22.8. The van der Waals surface area contributed by atoms with Crippen molar-refractivity contribution in [2.45, 2.75) is 90.2 Å². The summed E-state index contributed by atoms with van der Waals surface area (Å²) in [5, 5.41) is 5.43. The molecule has 16 nitrogen and oxygen atoms in total. The fraction of sp³-hybridized carbons (Fsp3) is 0.587. The average molecular weight is 913 g/mol. The number of nitrogens with one attached hydrogen (secondary N) is 2. The van der Waals surface area contributed by atoms with E-state index in [1.165, 1.54) is 16.3 Å². The molecule has 0 spiro atoms. The molecule has 18 heteroatoms. The molecule has 343 valence electrons. The zero-order valence-electron chi connectivity index (χ0n) is 38.0. The Hall–Kier alpha value is -4.43. The molecule has 0 saturated carbocycles. The number of esters is 1. The van der Waals surface area contributed by atoms with Crippen molar-refractivity contribution in [3.05, 3.63) is 52.1 Å². The second-order valence-corrected chi connectivity index (χ2v) is 21.5. The molecule has 3 aromatic heterocycles. The lowest BCUT2D eigenvalue weighted by Gasteiger charge is -2.44. The van der Waals surface area contributed by atoms with E-state index in [0.29, 0.717) is 57.6 Å². The fourth-order valence-corrected chi connectivity index (χ4v) is 12.9. The minimum Gasteiger partial charge on any atom is -0.464 e. The lowest BCUT2D eigenvalue weighted by atomic mass is 9.84. The molecule has 5 aliphatic heterocycles. The molecule has 9 rings (SSSR count). The third kappa shape index (κ3) is 8.94. The number of hydrogen-bond acceptors (Lipinski definition) is 13. The first-order chi connectivity index (χ1) is 30.9. The number of likely N-dealkylation sites (tertiary alicyclic amines) is 1. The van der Waals surface area contributed by atoms with Crippen LogP contribution in [-0.4, -0.2) is 154 Å². The molecule has 5 aliphatic rings. The molecule has 0 unspecified atom stereocenters. The van der Waals surface area contributed by atoms with Gasteiger partial charge in [0.2, 0.25) is 5.53 Å². The van der Waals surface area contributed by atoms with Crippen LogP contribution in [0.2, 0.25) is 0 Å². The van der Waals surface area contributed by atoms with Gasteiger partial charge in [0.1, 0.15) is 6.04 Å². The molecule has 1 aromatic carbocycles. The molecule has 6 bridgehead atoms. The number of hydrazine groups is 1. The van der Waals surface area contributed by atoms with E-state index in [1.807, 2.05) is 18.5 Å². The SMILES string of the molecule is CCn1c(-c2cc(N3CCN4CCOC[C@@H]4C3)cnc2[C@H](C)OC)c2c3cc(ccc31)-c1csc(n1)C[Si](NC(=O)N1CC[C@H]1COC)C(=O)N1CCC[C@H](N1)C(=O)OCC(C)(C)C2. The van der Waals surface area contributed by atoms with Crippen LogP contribution in [0.5, 0.6) is 0 Å². The predicted octanol–water partition coefficient (Wildman–Crippen LogP) is 5.37. The Morgan fingerprint density at radius 3 is 2.77 bits per heavy atom. The van der Waals surface area contributed by atoms with Crippen molar-refractivity contribution >= 4 is 54.4 Å². The number of thiazole rings is 1. The zero-order chi connectivity index (χ0) is 44.7. The van der Waals surface area contributed by atoms with Gasteiger partial charge < -0.3 is 38.3 Å². The summed E-state index contributed by atoms with van der Waals surface area (Å²) in [5.74, 6) is -0.396. The van der Waals surface area contributed by atoms with Crippen LogP contribution in [0, 0.1) is 5.41 Å². The smallest absolute Gasteiger partial charge is 0.324 e. The van der Waals surface area contributed by atoms with E-state index in [-0.39, 0.29) is 30.3 Å². The van der Waals surface area contributed by atoms with Crippen LogP contribution >= 0.6 is 11.3 Å². The standard InChI is InChI=1S/C46H62N9O7SSi/c1-7-53-39-11-10-30-19-34(39)36(42(53)35-20-32(22-47-41(35)29(2)60-6)52-16-15-51-17-18-61-25-33(51)23-52)21-46(3,4)28-62-43(56)37-9-8-13-55(49-37)45(58)64(27-40-48-38(30)26-63-40)50-44(57)54-14-12-31(54)24-59-5/h10-11,19-20,22,26,29,31,33,37,49H,7-9,12-18,21,23-25,27-28H2,1-6H3,(H,50,57)/t29-,31-,33-,37-/m0/s1. The van der Waals surface area contributed by atoms with E-state index >= 15 is 0 Å². The number of aromatic nitrogens is 3. The van der Waals surface area contributed by atoms with Gasteiger partial charge >= 0.3 is 12.0 Å². The van der Waals surface area contributed by atoms with Gasteiger partial charge in [-0.15, -0.1) is 11.3 Å². The molecule has 64 heavy (non-hydrogen) atoms.